The molecule has 0 rings (SSSR count). The van der Waals surface area contributed by atoms with E-state index < -0.39 is 0 Å². The van der Waals surface area contributed by atoms with Crippen LogP contribution < -0.4 is 0 Å². The van der Waals surface area contributed by atoms with Crippen molar-refractivity contribution in [3.63, 3.8) is 0 Å². The van der Waals surface area contributed by atoms with Gasteiger partial charge in [0.2, 0.25) is 5.78 Å². The number of Topliss-reactive ketones (excluding diaryl/α,β-unsaturated/α-hetero) is 1. The van der Waals surface area contributed by atoms with E-state index in [0.29, 0.717) is 12.9 Å². The van der Waals surface area contributed by atoms with E-state index in [4.69, 9.17) is 11.2 Å². The van der Waals surface area contributed by atoms with Gasteiger partial charge in [-0.15, -0.1) is 6.42 Å². The lowest BCUT2D eigenvalue weighted by Crippen LogP contribution is -2.07. The van der Waals surface area contributed by atoms with Crippen molar-refractivity contribution in [2.45, 2.75) is 12.7 Å². The van der Waals surface area contributed by atoms with E-state index in [1.54, 1.807) is 0 Å². The van der Waals surface area contributed by atoms with Gasteiger partial charge in [0.1, 0.15) is 6.61 Å². The Bertz CT molecular complexity index is 183. The molecule has 0 aliphatic heterocycles. The first kappa shape index (κ1) is 10.9. The molecule has 0 atom stereocenters. The van der Waals surface area contributed by atoms with Crippen molar-refractivity contribution in [1.82, 2.24) is 0 Å². The maximum Gasteiger partial charge on any atom is 0.230 e. The van der Waals surface area contributed by atoms with Crippen molar-refractivity contribution < 1.29 is 14.3 Å². The van der Waals surface area contributed by atoms with Gasteiger partial charge in [0.05, 0.1) is 6.19 Å². The van der Waals surface area contributed by atoms with Crippen LogP contribution in [0.2, 0.25) is 6.32 Å². The summed E-state index contributed by atoms with van der Waals surface area (Å²) in [5.41, 5.74) is 0. The zero-order chi connectivity index (χ0) is 9.23. The summed E-state index contributed by atoms with van der Waals surface area (Å²) in [7, 11) is 1.51. The Morgan fingerprint density at radius 1 is 1.67 bits per heavy atom. The molecule has 3 nitrogen and oxygen atoms in total. The largest absolute Gasteiger partial charge is 0.373 e. The molecule has 0 amide bonds. The third kappa shape index (κ3) is 7.04. The second-order valence-electron chi connectivity index (χ2n) is 2.13. The van der Waals surface area contributed by atoms with Gasteiger partial charge >= 0.3 is 0 Å². The van der Waals surface area contributed by atoms with Crippen LogP contribution >= 0.6 is 0 Å². The summed E-state index contributed by atoms with van der Waals surface area (Å²) in [4.78, 5) is 20.3. The average molecular weight is 165 g/mol. The van der Waals surface area contributed by atoms with Crippen LogP contribution in [0.5, 0.6) is 0 Å². The Hall–Kier alpha value is -1.08. The summed E-state index contributed by atoms with van der Waals surface area (Å²) in [6.07, 6.45) is 6.95. The van der Waals surface area contributed by atoms with E-state index in [1.807, 2.05) is 5.92 Å². The summed E-state index contributed by atoms with van der Waals surface area (Å²) in [6, 6.07) is 0. The predicted molar refractivity (Wildman–Crippen MR) is 46.6 cm³/mol. The molecule has 0 fully saturated rings. The molecule has 0 aliphatic carbocycles. The standard InChI is InChI=1S/C8H10BO3/c1-2-8(11)6-12-5-3-4-9-7-10/h1,7H,3-6H2. The van der Waals surface area contributed by atoms with Crippen molar-refractivity contribution in [1.29, 1.82) is 0 Å². The molecule has 0 aromatic heterocycles. The van der Waals surface area contributed by atoms with Gasteiger partial charge in [-0.05, 0) is 12.3 Å². The highest BCUT2D eigenvalue weighted by Gasteiger charge is 1.95. The van der Waals surface area contributed by atoms with Gasteiger partial charge < -0.3 is 9.53 Å². The number of hydrogen-bond donors (Lipinski definition) is 0. The molecular weight excluding hydrogens is 155 g/mol. The van der Waals surface area contributed by atoms with Crippen LogP contribution in [0.3, 0.4) is 0 Å². The van der Waals surface area contributed by atoms with Gasteiger partial charge in [-0.3, -0.25) is 4.79 Å². The molecule has 0 N–H and O–H groups in total. The second kappa shape index (κ2) is 8.03. The van der Waals surface area contributed by atoms with Crippen LogP contribution in [-0.4, -0.2) is 32.5 Å². The minimum absolute atomic E-state index is 0.0302. The van der Waals surface area contributed by atoms with Crippen LogP contribution in [0, 0.1) is 12.3 Å². The maximum absolute atomic E-state index is 10.5. The van der Waals surface area contributed by atoms with E-state index in [-0.39, 0.29) is 12.4 Å². The first-order valence-corrected chi connectivity index (χ1v) is 3.65. The Kier molecular flexibility index (Phi) is 7.31. The maximum atomic E-state index is 10.5. The monoisotopic (exact) mass is 165 g/mol. The van der Waals surface area contributed by atoms with E-state index in [9.17, 15) is 9.59 Å². The lowest BCUT2D eigenvalue weighted by molar-refractivity contribution is -0.118. The molecule has 0 aliphatic rings. The number of hydrogen-bond acceptors (Lipinski definition) is 3. The van der Waals surface area contributed by atoms with Gasteiger partial charge in [-0.1, -0.05) is 6.32 Å². The van der Waals surface area contributed by atoms with E-state index in [2.05, 4.69) is 0 Å². The Morgan fingerprint density at radius 3 is 3.00 bits per heavy atom. The fourth-order valence-corrected chi connectivity index (χ4v) is 0.578. The van der Waals surface area contributed by atoms with Crippen molar-refractivity contribution in [3.05, 3.63) is 0 Å². The number of ketones is 1. The molecule has 0 heterocycles. The van der Waals surface area contributed by atoms with Crippen LogP contribution in [0.15, 0.2) is 0 Å². The Labute approximate surface area is 72.7 Å². The van der Waals surface area contributed by atoms with Gasteiger partial charge in [-0.2, -0.15) is 0 Å². The predicted octanol–water partition coefficient (Wildman–Crippen LogP) is -0.0919. The molecule has 0 spiro atoms. The molecule has 0 unspecified atom stereocenters. The molecule has 0 aromatic rings. The van der Waals surface area contributed by atoms with Gasteiger partial charge in [-0.25, -0.2) is 0 Å². The molecule has 4 heteroatoms. The molecule has 12 heavy (non-hydrogen) atoms. The van der Waals surface area contributed by atoms with Crippen molar-refractivity contribution in [3.8, 4) is 12.3 Å². The fourth-order valence-electron chi connectivity index (χ4n) is 0.578. The molecule has 1 radical (unpaired) electrons. The molecule has 0 aromatic carbocycles. The van der Waals surface area contributed by atoms with E-state index in [1.165, 1.54) is 7.28 Å². The third-order valence-electron chi connectivity index (χ3n) is 1.15. The molecule has 0 saturated heterocycles. The topological polar surface area (TPSA) is 43.4 Å². The van der Waals surface area contributed by atoms with Gasteiger partial charge in [0.25, 0.3) is 0 Å². The normalized spacial score (nSPS) is 8.58. The third-order valence-corrected chi connectivity index (χ3v) is 1.15. The fraction of sp³-hybridized carbons (Fsp3) is 0.500. The van der Waals surface area contributed by atoms with Crippen LogP contribution in [0.4, 0.5) is 0 Å². The smallest absolute Gasteiger partial charge is 0.230 e. The van der Waals surface area contributed by atoms with Crippen molar-refractivity contribution >= 4 is 19.2 Å². The minimum Gasteiger partial charge on any atom is -0.373 e. The van der Waals surface area contributed by atoms with Crippen molar-refractivity contribution in [2.24, 2.45) is 0 Å². The SMILES string of the molecule is C#CC(=O)COCCC[B]C=O. The first-order chi connectivity index (χ1) is 5.81. The first-order valence-electron chi connectivity index (χ1n) is 3.65. The highest BCUT2D eigenvalue weighted by Crippen LogP contribution is 1.88. The van der Waals surface area contributed by atoms with Crippen LogP contribution in [-0.2, 0) is 14.3 Å². The summed E-state index contributed by atoms with van der Waals surface area (Å²) in [5.74, 6) is 1.59. The van der Waals surface area contributed by atoms with Gasteiger partial charge in [0, 0.05) is 6.61 Å². The summed E-state index contributed by atoms with van der Waals surface area (Å²) in [5, 5.41) is 0. The zero-order valence-corrected chi connectivity index (χ0v) is 6.79. The summed E-state index contributed by atoms with van der Waals surface area (Å²) in [6.45, 7) is 0.426. The number of ether oxygens (including phenoxy) is 1. The van der Waals surface area contributed by atoms with E-state index in [0.717, 1.165) is 12.6 Å². The second-order valence-corrected chi connectivity index (χ2v) is 2.13. The quantitative estimate of drug-likeness (QED) is 0.174. The molecule has 63 valence electrons. The highest BCUT2D eigenvalue weighted by atomic mass is 16.5. The van der Waals surface area contributed by atoms with Gasteiger partial charge in [0.15, 0.2) is 7.28 Å². The lowest BCUT2D eigenvalue weighted by atomic mass is 9.76. The number of rotatable bonds is 7. The zero-order valence-electron chi connectivity index (χ0n) is 6.79. The molecule has 0 bridgehead atoms. The number of carbonyl (C=O) groups excluding carboxylic acids is 2. The molecular formula is C8H10BO3. The lowest BCUT2D eigenvalue weighted by Gasteiger charge is -1.97. The van der Waals surface area contributed by atoms with Crippen molar-refractivity contribution in [2.75, 3.05) is 13.2 Å². The van der Waals surface area contributed by atoms with Crippen LogP contribution in [0.1, 0.15) is 6.42 Å². The summed E-state index contributed by atoms with van der Waals surface area (Å²) >= 11 is 0. The minimum atomic E-state index is -0.352. The highest BCUT2D eigenvalue weighted by molar-refractivity contribution is 6.66. The van der Waals surface area contributed by atoms with Crippen LogP contribution in [0.25, 0.3) is 0 Å². The molecule has 0 saturated carbocycles. The Morgan fingerprint density at radius 2 is 2.42 bits per heavy atom. The average Bonchev–Trinajstić information content (AvgIpc) is 2.10. The van der Waals surface area contributed by atoms with E-state index >= 15 is 0 Å². The Balaban J connectivity index is 3.06. The summed E-state index contributed by atoms with van der Waals surface area (Å²) < 4.78 is 4.90. The number of carbonyl (C=O) groups is 2. The number of terminal acetylenes is 1.